The van der Waals surface area contributed by atoms with E-state index in [9.17, 15) is 31.5 Å². The van der Waals surface area contributed by atoms with Crippen molar-refractivity contribution < 1.29 is 36.3 Å². The summed E-state index contributed by atoms with van der Waals surface area (Å²) in [4.78, 5) is 27.6. The highest BCUT2D eigenvalue weighted by atomic mass is 32.2. The number of carbonyl (C=O) groups is 2. The number of aryl methyl sites for hydroxylation is 1. The summed E-state index contributed by atoms with van der Waals surface area (Å²) in [5.41, 5.74) is 3.49. The Morgan fingerprint density at radius 3 is 2.32 bits per heavy atom. The van der Waals surface area contributed by atoms with Crippen molar-refractivity contribution in [1.29, 1.82) is 0 Å². The summed E-state index contributed by atoms with van der Waals surface area (Å²) < 4.78 is 56.3. The van der Waals surface area contributed by atoms with Crippen LogP contribution in [0.15, 0.2) is 42.5 Å². The molecule has 260 valence electrons. The van der Waals surface area contributed by atoms with Gasteiger partial charge < -0.3 is 15.2 Å². The molecule has 1 heterocycles. The quantitative estimate of drug-likeness (QED) is 0.271. The van der Waals surface area contributed by atoms with Crippen LogP contribution in [0.5, 0.6) is 0 Å². The van der Waals surface area contributed by atoms with E-state index in [2.05, 4.69) is 10.2 Å². The second kappa shape index (κ2) is 16.5. The van der Waals surface area contributed by atoms with Crippen LogP contribution >= 0.6 is 0 Å². The highest BCUT2D eigenvalue weighted by Crippen LogP contribution is 2.32. The van der Waals surface area contributed by atoms with Crippen LogP contribution in [0.1, 0.15) is 79.3 Å². The van der Waals surface area contributed by atoms with Crippen LogP contribution in [0.25, 0.3) is 11.1 Å². The molecule has 3 unspecified atom stereocenters. The van der Waals surface area contributed by atoms with E-state index in [1.54, 1.807) is 13.2 Å². The summed E-state index contributed by atoms with van der Waals surface area (Å²) in [6.07, 6.45) is 8.61. The molecule has 2 N–H and O–H groups in total. The van der Waals surface area contributed by atoms with Crippen molar-refractivity contribution in [2.24, 2.45) is 5.92 Å². The minimum absolute atomic E-state index is 0.0420. The van der Waals surface area contributed by atoms with Crippen LogP contribution in [0.3, 0.4) is 0 Å². The third-order valence-electron chi connectivity index (χ3n) is 9.62. The Morgan fingerprint density at radius 1 is 0.979 bits per heavy atom. The fourth-order valence-electron chi connectivity index (χ4n) is 6.97. The molecule has 2 fully saturated rings. The first-order valence-electron chi connectivity index (χ1n) is 16.6. The molecule has 4 rings (SSSR count). The van der Waals surface area contributed by atoms with Gasteiger partial charge in [0.1, 0.15) is 15.9 Å². The molecule has 1 amide bonds. The zero-order chi connectivity index (χ0) is 34.2. The molecule has 10 nitrogen and oxygen atoms in total. The standard InChI is InChI=1S/C35H50N2O8S2/c1-25-10-8-9-13-30(25)32-20-27(14-17-31(32)34(38)36-33(35(39)40)18-19-46(3,41)42)21-37-22-29(16-15-28(37)23-45-2)47(43,44)24-26-11-6-4-5-7-12-26/h8-10,13-14,17,20,26,28-29,33H,4-7,11-12,15-16,18-19,21-24H2,1-3H3,(H,36,38)(H,39,40). The van der Waals surface area contributed by atoms with Crippen LogP contribution in [0.2, 0.25) is 0 Å². The smallest absolute Gasteiger partial charge is 0.326 e. The minimum atomic E-state index is -3.43. The fraction of sp³-hybridized carbons (Fsp3) is 0.600. The number of carboxylic acid groups (broad SMARTS) is 1. The van der Waals surface area contributed by atoms with E-state index in [0.29, 0.717) is 38.1 Å². The highest BCUT2D eigenvalue weighted by Gasteiger charge is 2.37. The molecular formula is C35H50N2O8S2. The Bertz CT molecular complexity index is 1600. The number of rotatable bonds is 14. The van der Waals surface area contributed by atoms with E-state index in [-0.39, 0.29) is 35.4 Å². The summed E-state index contributed by atoms with van der Waals surface area (Å²) >= 11 is 0. The second-order valence-corrected chi connectivity index (χ2v) is 18.0. The zero-order valence-corrected chi connectivity index (χ0v) is 29.5. The van der Waals surface area contributed by atoms with Gasteiger partial charge in [0.2, 0.25) is 0 Å². The number of carboxylic acids is 1. The van der Waals surface area contributed by atoms with E-state index in [1.165, 1.54) is 12.8 Å². The van der Waals surface area contributed by atoms with Gasteiger partial charge in [-0.1, -0.05) is 56.0 Å². The molecule has 2 aromatic rings. The van der Waals surface area contributed by atoms with Crippen LogP contribution in [-0.4, -0.2) is 94.1 Å². The number of hydrogen-bond acceptors (Lipinski definition) is 8. The molecule has 1 aliphatic heterocycles. The molecule has 0 bridgehead atoms. The van der Waals surface area contributed by atoms with E-state index < -0.39 is 42.8 Å². The molecule has 1 saturated carbocycles. The summed E-state index contributed by atoms with van der Waals surface area (Å²) in [6.45, 7) is 3.27. The van der Waals surface area contributed by atoms with Gasteiger partial charge in [-0.25, -0.2) is 21.6 Å². The lowest BCUT2D eigenvalue weighted by Gasteiger charge is -2.39. The number of aliphatic carboxylic acids is 1. The molecule has 1 saturated heterocycles. The number of ether oxygens (including phenoxy) is 1. The van der Waals surface area contributed by atoms with Gasteiger partial charge in [-0.2, -0.15) is 0 Å². The Morgan fingerprint density at radius 2 is 1.68 bits per heavy atom. The number of carbonyl (C=O) groups excluding carboxylic acids is 1. The summed E-state index contributed by atoms with van der Waals surface area (Å²) in [5, 5.41) is 11.8. The Kier molecular flexibility index (Phi) is 13.0. The third-order valence-corrected chi connectivity index (χ3v) is 12.9. The fourth-order valence-corrected chi connectivity index (χ4v) is 9.81. The SMILES string of the molecule is COCC1CCC(S(=O)(=O)CC2CCCCCC2)CN1Cc1ccc(C(=O)NC(CCS(C)(=O)=O)C(=O)O)c(-c2ccccc2C)c1. The molecule has 0 aromatic heterocycles. The van der Waals surface area contributed by atoms with Crippen molar-refractivity contribution in [2.45, 2.75) is 88.6 Å². The highest BCUT2D eigenvalue weighted by molar-refractivity contribution is 7.92. The summed E-state index contributed by atoms with van der Waals surface area (Å²) in [5.74, 6) is -1.81. The van der Waals surface area contributed by atoms with Gasteiger partial charge in [0, 0.05) is 38.1 Å². The molecule has 0 spiro atoms. The molecule has 0 radical (unpaired) electrons. The van der Waals surface area contributed by atoms with Crippen LogP contribution < -0.4 is 5.32 Å². The maximum absolute atomic E-state index is 13.7. The molecule has 2 aliphatic rings. The number of amides is 1. The average molecular weight is 691 g/mol. The molecule has 47 heavy (non-hydrogen) atoms. The van der Waals surface area contributed by atoms with Crippen molar-refractivity contribution in [1.82, 2.24) is 10.2 Å². The van der Waals surface area contributed by atoms with Gasteiger partial charge in [0.25, 0.3) is 5.91 Å². The first kappa shape index (κ1) is 37.0. The lowest BCUT2D eigenvalue weighted by molar-refractivity contribution is -0.139. The average Bonchev–Trinajstić information content (AvgIpc) is 3.28. The lowest BCUT2D eigenvalue weighted by atomic mass is 9.93. The minimum Gasteiger partial charge on any atom is -0.480 e. The van der Waals surface area contributed by atoms with Crippen molar-refractivity contribution >= 4 is 31.6 Å². The van der Waals surface area contributed by atoms with E-state index in [4.69, 9.17) is 4.74 Å². The van der Waals surface area contributed by atoms with E-state index >= 15 is 0 Å². The molecule has 2 aromatic carbocycles. The van der Waals surface area contributed by atoms with Gasteiger partial charge in [-0.05, 0) is 79.3 Å². The van der Waals surface area contributed by atoms with Crippen molar-refractivity contribution in [3.63, 3.8) is 0 Å². The summed E-state index contributed by atoms with van der Waals surface area (Å²) in [6, 6.07) is 11.7. The Labute approximate surface area is 280 Å². The van der Waals surface area contributed by atoms with Crippen molar-refractivity contribution in [2.75, 3.05) is 38.0 Å². The third kappa shape index (κ3) is 10.6. The topological polar surface area (TPSA) is 147 Å². The van der Waals surface area contributed by atoms with Gasteiger partial charge in [0.05, 0.1) is 23.4 Å². The van der Waals surface area contributed by atoms with Gasteiger partial charge >= 0.3 is 5.97 Å². The largest absolute Gasteiger partial charge is 0.480 e. The molecular weight excluding hydrogens is 641 g/mol. The molecule has 3 atom stereocenters. The second-order valence-electron chi connectivity index (χ2n) is 13.4. The maximum atomic E-state index is 13.7. The van der Waals surface area contributed by atoms with Crippen molar-refractivity contribution in [3.8, 4) is 11.1 Å². The van der Waals surface area contributed by atoms with E-state index in [0.717, 1.165) is 48.6 Å². The van der Waals surface area contributed by atoms with Gasteiger partial charge in [-0.15, -0.1) is 0 Å². The number of nitrogens with zero attached hydrogens (tertiary/aromatic N) is 1. The van der Waals surface area contributed by atoms with Gasteiger partial charge in [0.15, 0.2) is 9.84 Å². The number of hydrogen-bond donors (Lipinski definition) is 2. The number of likely N-dealkylation sites (tertiary alicyclic amines) is 1. The van der Waals surface area contributed by atoms with Crippen LogP contribution in [0.4, 0.5) is 0 Å². The predicted octanol–water partition coefficient (Wildman–Crippen LogP) is 4.64. The van der Waals surface area contributed by atoms with Crippen molar-refractivity contribution in [3.05, 3.63) is 59.2 Å². The van der Waals surface area contributed by atoms with Gasteiger partial charge in [-0.3, -0.25) is 9.69 Å². The number of benzene rings is 2. The first-order chi connectivity index (χ1) is 22.3. The predicted molar refractivity (Wildman–Crippen MR) is 184 cm³/mol. The van der Waals surface area contributed by atoms with E-state index in [1.807, 2.05) is 43.3 Å². The monoisotopic (exact) mass is 690 g/mol. The van der Waals surface area contributed by atoms with Crippen LogP contribution in [0, 0.1) is 12.8 Å². The number of methoxy groups -OCH3 is 1. The molecule has 12 heteroatoms. The number of nitrogens with one attached hydrogen (secondary N) is 1. The Balaban J connectivity index is 1.60. The number of sulfone groups is 2. The lowest BCUT2D eigenvalue weighted by Crippen LogP contribution is -2.50. The zero-order valence-electron chi connectivity index (χ0n) is 27.8. The summed E-state index contributed by atoms with van der Waals surface area (Å²) in [7, 11) is -5.07. The molecule has 1 aliphatic carbocycles. The first-order valence-corrected chi connectivity index (χ1v) is 20.4. The maximum Gasteiger partial charge on any atom is 0.326 e. The Hall–Kier alpha value is -2.80. The van der Waals surface area contributed by atoms with Crippen LogP contribution in [-0.2, 0) is 35.8 Å². The normalized spacial score (nSPS) is 20.7. The number of piperidine rings is 1.